The third-order valence-corrected chi connectivity index (χ3v) is 4.88. The van der Waals surface area contributed by atoms with Crippen LogP contribution in [0.2, 0.25) is 0 Å². The van der Waals surface area contributed by atoms with Gasteiger partial charge in [-0.15, -0.1) is 0 Å². The average molecular weight is 281 g/mol. The fraction of sp³-hybridized carbons (Fsp3) is 0.533. The van der Waals surface area contributed by atoms with Crippen molar-refractivity contribution in [1.29, 1.82) is 0 Å². The lowest BCUT2D eigenvalue weighted by Crippen LogP contribution is -2.34. The molecule has 0 aliphatic heterocycles. The molecule has 0 saturated heterocycles. The van der Waals surface area contributed by atoms with Crippen molar-refractivity contribution in [2.45, 2.75) is 32.9 Å². The standard InChI is InChI=1S/C15H23NO2S/c1-5-16(6-2)15(17)11-19(18)13(4)14-9-7-8-12(3)10-14/h7-10,13H,5-6,11H2,1-4H3/t13-,19-/m1/s1. The van der Waals surface area contributed by atoms with E-state index in [9.17, 15) is 9.00 Å². The summed E-state index contributed by atoms with van der Waals surface area (Å²) in [6.45, 7) is 9.15. The van der Waals surface area contributed by atoms with Crippen molar-refractivity contribution in [3.05, 3.63) is 35.4 Å². The monoisotopic (exact) mass is 281 g/mol. The fourth-order valence-electron chi connectivity index (χ4n) is 1.99. The Morgan fingerprint density at radius 3 is 2.47 bits per heavy atom. The molecule has 0 spiro atoms. The molecule has 0 unspecified atom stereocenters. The molecule has 1 amide bonds. The highest BCUT2D eigenvalue weighted by Gasteiger charge is 2.19. The van der Waals surface area contributed by atoms with E-state index in [2.05, 4.69) is 0 Å². The SMILES string of the molecule is CCN(CC)C(=O)C[S@@](=O)[C@H](C)c1cccc(C)c1. The van der Waals surface area contributed by atoms with E-state index in [1.54, 1.807) is 4.90 Å². The normalized spacial score (nSPS) is 13.9. The molecular weight excluding hydrogens is 258 g/mol. The van der Waals surface area contributed by atoms with E-state index >= 15 is 0 Å². The molecule has 0 radical (unpaired) electrons. The molecule has 0 aliphatic carbocycles. The first-order chi connectivity index (χ1) is 8.99. The summed E-state index contributed by atoms with van der Waals surface area (Å²) in [4.78, 5) is 13.7. The molecule has 1 rings (SSSR count). The highest BCUT2D eigenvalue weighted by Crippen LogP contribution is 2.20. The van der Waals surface area contributed by atoms with Crippen molar-refractivity contribution < 1.29 is 9.00 Å². The summed E-state index contributed by atoms with van der Waals surface area (Å²) in [6, 6.07) is 7.98. The van der Waals surface area contributed by atoms with Gasteiger partial charge in [-0.05, 0) is 33.3 Å². The Morgan fingerprint density at radius 1 is 1.32 bits per heavy atom. The van der Waals surface area contributed by atoms with E-state index in [-0.39, 0.29) is 16.9 Å². The van der Waals surface area contributed by atoms with Crippen molar-refractivity contribution >= 4 is 16.7 Å². The van der Waals surface area contributed by atoms with Crippen LogP contribution in [-0.4, -0.2) is 33.9 Å². The van der Waals surface area contributed by atoms with E-state index < -0.39 is 10.8 Å². The van der Waals surface area contributed by atoms with Gasteiger partial charge in [0.15, 0.2) is 0 Å². The molecule has 106 valence electrons. The molecule has 0 heterocycles. The molecular formula is C15H23NO2S. The van der Waals surface area contributed by atoms with Crippen LogP contribution in [0.4, 0.5) is 0 Å². The van der Waals surface area contributed by atoms with Crippen LogP contribution in [-0.2, 0) is 15.6 Å². The highest BCUT2D eigenvalue weighted by atomic mass is 32.2. The third-order valence-electron chi connectivity index (χ3n) is 3.29. The Kier molecular flexibility index (Phi) is 6.22. The van der Waals surface area contributed by atoms with E-state index in [4.69, 9.17) is 0 Å². The fourth-order valence-corrected chi connectivity index (χ4v) is 3.12. The molecule has 0 fully saturated rings. The van der Waals surface area contributed by atoms with Gasteiger partial charge in [-0.3, -0.25) is 9.00 Å². The van der Waals surface area contributed by atoms with E-state index in [0.717, 1.165) is 11.1 Å². The molecule has 1 aromatic rings. The maximum atomic E-state index is 12.3. The number of aryl methyl sites for hydroxylation is 1. The first kappa shape index (κ1) is 15.9. The number of rotatable bonds is 6. The molecule has 0 N–H and O–H groups in total. The van der Waals surface area contributed by atoms with Crippen molar-refractivity contribution in [2.24, 2.45) is 0 Å². The van der Waals surface area contributed by atoms with E-state index in [0.29, 0.717) is 13.1 Å². The molecule has 2 atom stereocenters. The summed E-state index contributed by atoms with van der Waals surface area (Å²) in [5.41, 5.74) is 2.18. The second-order valence-electron chi connectivity index (χ2n) is 4.65. The van der Waals surface area contributed by atoms with Crippen LogP contribution in [0.1, 0.15) is 37.1 Å². The first-order valence-electron chi connectivity index (χ1n) is 6.71. The predicted molar refractivity (Wildman–Crippen MR) is 80.5 cm³/mol. The lowest BCUT2D eigenvalue weighted by atomic mass is 10.1. The average Bonchev–Trinajstić information content (AvgIpc) is 2.39. The number of benzene rings is 1. The van der Waals surface area contributed by atoms with Crippen LogP contribution in [0.15, 0.2) is 24.3 Å². The number of hydrogen-bond acceptors (Lipinski definition) is 2. The predicted octanol–water partition coefficient (Wildman–Crippen LogP) is 2.67. The van der Waals surface area contributed by atoms with Crippen LogP contribution in [0.25, 0.3) is 0 Å². The Balaban J connectivity index is 2.70. The molecule has 0 bridgehead atoms. The van der Waals surface area contributed by atoms with Gasteiger partial charge in [0.2, 0.25) is 5.91 Å². The van der Waals surface area contributed by atoms with Crippen molar-refractivity contribution in [2.75, 3.05) is 18.8 Å². The summed E-state index contributed by atoms with van der Waals surface area (Å²) in [6.07, 6.45) is 0. The number of amides is 1. The molecule has 4 heteroatoms. The zero-order chi connectivity index (χ0) is 14.4. The largest absolute Gasteiger partial charge is 0.342 e. The van der Waals surface area contributed by atoms with Gasteiger partial charge in [-0.25, -0.2) is 0 Å². The molecule has 0 aromatic heterocycles. The zero-order valence-electron chi connectivity index (χ0n) is 12.2. The van der Waals surface area contributed by atoms with Gasteiger partial charge in [0.05, 0.1) is 5.25 Å². The molecule has 1 aromatic carbocycles. The van der Waals surface area contributed by atoms with Crippen LogP contribution < -0.4 is 0 Å². The molecule has 0 aliphatic rings. The Labute approximate surface area is 118 Å². The summed E-state index contributed by atoms with van der Waals surface area (Å²) in [5.74, 6) is 0.0828. The maximum absolute atomic E-state index is 12.3. The Bertz CT molecular complexity index is 455. The van der Waals surface area contributed by atoms with Gasteiger partial charge in [-0.2, -0.15) is 0 Å². The topological polar surface area (TPSA) is 37.4 Å². The third kappa shape index (κ3) is 4.46. The van der Waals surface area contributed by atoms with Crippen LogP contribution in [0, 0.1) is 6.92 Å². The van der Waals surface area contributed by atoms with Crippen molar-refractivity contribution in [3.63, 3.8) is 0 Å². The summed E-state index contributed by atoms with van der Waals surface area (Å²) < 4.78 is 12.3. The second-order valence-corrected chi connectivity index (χ2v) is 6.40. The number of hydrogen-bond donors (Lipinski definition) is 0. The Morgan fingerprint density at radius 2 is 1.95 bits per heavy atom. The van der Waals surface area contributed by atoms with E-state index in [1.807, 2.05) is 52.0 Å². The second kappa shape index (κ2) is 7.43. The van der Waals surface area contributed by atoms with Crippen LogP contribution in [0.3, 0.4) is 0 Å². The number of carbonyl (C=O) groups excluding carboxylic acids is 1. The summed E-state index contributed by atoms with van der Waals surface area (Å²) in [7, 11) is -1.17. The Hall–Kier alpha value is -1.16. The number of nitrogens with zero attached hydrogens (tertiary/aromatic N) is 1. The van der Waals surface area contributed by atoms with Gasteiger partial charge in [0.25, 0.3) is 0 Å². The van der Waals surface area contributed by atoms with Gasteiger partial charge in [-0.1, -0.05) is 29.8 Å². The molecule has 3 nitrogen and oxygen atoms in total. The van der Waals surface area contributed by atoms with Gasteiger partial charge in [0.1, 0.15) is 5.75 Å². The zero-order valence-corrected chi connectivity index (χ0v) is 13.0. The number of carbonyl (C=O) groups is 1. The minimum atomic E-state index is -1.17. The minimum Gasteiger partial charge on any atom is -0.342 e. The van der Waals surface area contributed by atoms with Crippen LogP contribution in [0.5, 0.6) is 0 Å². The molecule has 19 heavy (non-hydrogen) atoms. The summed E-state index contributed by atoms with van der Waals surface area (Å²) >= 11 is 0. The van der Waals surface area contributed by atoms with Gasteiger partial charge >= 0.3 is 0 Å². The quantitative estimate of drug-likeness (QED) is 0.804. The summed E-state index contributed by atoms with van der Waals surface area (Å²) in [5, 5.41) is -0.112. The maximum Gasteiger partial charge on any atom is 0.235 e. The first-order valence-corrected chi connectivity index (χ1v) is 8.09. The highest BCUT2D eigenvalue weighted by molar-refractivity contribution is 7.86. The lowest BCUT2D eigenvalue weighted by molar-refractivity contribution is -0.128. The van der Waals surface area contributed by atoms with Crippen molar-refractivity contribution in [3.8, 4) is 0 Å². The van der Waals surface area contributed by atoms with Crippen LogP contribution >= 0.6 is 0 Å². The van der Waals surface area contributed by atoms with Gasteiger partial charge < -0.3 is 4.90 Å². The van der Waals surface area contributed by atoms with E-state index in [1.165, 1.54) is 0 Å². The minimum absolute atomic E-state index is 0.0252. The lowest BCUT2D eigenvalue weighted by Gasteiger charge is -2.19. The van der Waals surface area contributed by atoms with Crippen molar-refractivity contribution in [1.82, 2.24) is 4.90 Å². The van der Waals surface area contributed by atoms with Gasteiger partial charge in [0, 0.05) is 23.9 Å². The smallest absolute Gasteiger partial charge is 0.235 e. The molecule has 0 saturated carbocycles.